The van der Waals surface area contributed by atoms with Crippen LogP contribution in [0.15, 0.2) is 18.2 Å². The lowest BCUT2D eigenvalue weighted by atomic mass is 9.84. The maximum Gasteiger partial charge on any atom is 0.416 e. The molecule has 0 heterocycles. The summed E-state index contributed by atoms with van der Waals surface area (Å²) in [7, 11) is 0. The molecule has 5 heteroatoms. The minimum atomic E-state index is -4.30. The zero-order chi connectivity index (χ0) is 14.8. The van der Waals surface area contributed by atoms with Crippen LogP contribution in [-0.2, 0) is 6.18 Å². The van der Waals surface area contributed by atoms with Crippen LogP contribution in [0.25, 0.3) is 0 Å². The molecule has 112 valence electrons. The van der Waals surface area contributed by atoms with Crippen LogP contribution in [0.2, 0.25) is 0 Å². The monoisotopic (exact) mass is 286 g/mol. The van der Waals surface area contributed by atoms with Crippen molar-refractivity contribution in [3.05, 3.63) is 29.3 Å². The molecule has 0 bridgehead atoms. The third-order valence-electron chi connectivity index (χ3n) is 4.12. The first-order chi connectivity index (χ1) is 9.41. The Kier molecular flexibility index (Phi) is 4.58. The number of aryl methyl sites for hydroxylation is 1. The molecule has 0 amide bonds. The molecule has 0 saturated heterocycles. The van der Waals surface area contributed by atoms with Crippen LogP contribution in [0.4, 0.5) is 18.9 Å². The predicted octanol–water partition coefficient (Wildman–Crippen LogP) is 3.94. The molecule has 2 nitrogen and oxygen atoms in total. The van der Waals surface area contributed by atoms with Gasteiger partial charge in [0, 0.05) is 11.7 Å². The molecule has 0 spiro atoms. The minimum Gasteiger partial charge on any atom is -0.382 e. The molecule has 1 aliphatic rings. The Hall–Kier alpha value is -1.23. The molecule has 0 radical (unpaired) electrons. The first-order valence-electron chi connectivity index (χ1n) is 7.06. The van der Waals surface area contributed by atoms with Gasteiger partial charge in [-0.05, 0) is 49.9 Å². The van der Waals surface area contributed by atoms with Crippen molar-refractivity contribution in [1.29, 1.82) is 0 Å². The van der Waals surface area contributed by atoms with E-state index in [1.165, 1.54) is 12.1 Å². The third kappa shape index (κ3) is 3.45. The van der Waals surface area contributed by atoms with Crippen molar-refractivity contribution in [2.75, 3.05) is 11.9 Å². The molecule has 2 unspecified atom stereocenters. The van der Waals surface area contributed by atoms with E-state index < -0.39 is 11.7 Å². The van der Waals surface area contributed by atoms with E-state index >= 15 is 0 Å². The van der Waals surface area contributed by atoms with Crippen molar-refractivity contribution in [3.8, 4) is 0 Å². The second-order valence-electron chi connectivity index (χ2n) is 5.56. The van der Waals surface area contributed by atoms with Gasteiger partial charge in [-0.1, -0.05) is 18.9 Å². The van der Waals surface area contributed by atoms with E-state index in [-0.39, 0.29) is 6.04 Å². The summed E-state index contributed by atoms with van der Waals surface area (Å²) in [5.41, 5.74) is 6.57. The van der Waals surface area contributed by atoms with Gasteiger partial charge in [0.15, 0.2) is 0 Å². The number of nitrogens with two attached hydrogens (primary N) is 1. The van der Waals surface area contributed by atoms with E-state index in [4.69, 9.17) is 5.73 Å². The van der Waals surface area contributed by atoms with Gasteiger partial charge in [-0.25, -0.2) is 0 Å². The largest absolute Gasteiger partial charge is 0.416 e. The Morgan fingerprint density at radius 1 is 1.25 bits per heavy atom. The molecule has 1 fully saturated rings. The fraction of sp³-hybridized carbons (Fsp3) is 0.600. The van der Waals surface area contributed by atoms with Gasteiger partial charge in [-0.2, -0.15) is 13.2 Å². The lowest BCUT2D eigenvalue weighted by molar-refractivity contribution is -0.137. The fourth-order valence-electron chi connectivity index (χ4n) is 2.83. The highest BCUT2D eigenvalue weighted by molar-refractivity contribution is 5.54. The summed E-state index contributed by atoms with van der Waals surface area (Å²) in [6.45, 7) is 2.40. The third-order valence-corrected chi connectivity index (χ3v) is 4.12. The number of halogens is 3. The Morgan fingerprint density at radius 3 is 2.60 bits per heavy atom. The zero-order valence-corrected chi connectivity index (χ0v) is 11.6. The molecule has 0 aromatic heterocycles. The number of alkyl halides is 3. The maximum absolute atomic E-state index is 12.8. The molecule has 3 N–H and O–H groups in total. The maximum atomic E-state index is 12.8. The normalized spacial score (nSPS) is 23.6. The number of anilines is 1. The average molecular weight is 286 g/mol. The Balaban J connectivity index is 2.19. The van der Waals surface area contributed by atoms with Crippen LogP contribution in [0.3, 0.4) is 0 Å². The summed E-state index contributed by atoms with van der Waals surface area (Å²) < 4.78 is 38.3. The van der Waals surface area contributed by atoms with Crippen LogP contribution in [0, 0.1) is 12.8 Å². The first-order valence-corrected chi connectivity index (χ1v) is 7.06. The van der Waals surface area contributed by atoms with E-state index in [1.807, 2.05) is 6.92 Å². The van der Waals surface area contributed by atoms with Crippen LogP contribution in [0.5, 0.6) is 0 Å². The van der Waals surface area contributed by atoms with E-state index in [1.54, 1.807) is 0 Å². The summed E-state index contributed by atoms with van der Waals surface area (Å²) in [6, 6.07) is 4.03. The Labute approximate surface area is 117 Å². The number of nitrogens with one attached hydrogen (secondary N) is 1. The van der Waals surface area contributed by atoms with Crippen molar-refractivity contribution >= 4 is 5.69 Å². The second-order valence-corrected chi connectivity index (χ2v) is 5.56. The van der Waals surface area contributed by atoms with Gasteiger partial charge < -0.3 is 11.1 Å². The van der Waals surface area contributed by atoms with Crippen LogP contribution in [0.1, 0.15) is 36.8 Å². The predicted molar refractivity (Wildman–Crippen MR) is 74.6 cm³/mol. The molecule has 1 aromatic rings. The highest BCUT2D eigenvalue weighted by atomic mass is 19.4. The molecule has 20 heavy (non-hydrogen) atoms. The van der Waals surface area contributed by atoms with Gasteiger partial charge in [0.1, 0.15) is 0 Å². The molecule has 2 atom stereocenters. The minimum absolute atomic E-state index is 0.177. The van der Waals surface area contributed by atoms with E-state index in [0.29, 0.717) is 18.2 Å². The molecule has 1 aliphatic carbocycles. The van der Waals surface area contributed by atoms with Crippen molar-refractivity contribution < 1.29 is 13.2 Å². The van der Waals surface area contributed by atoms with Gasteiger partial charge >= 0.3 is 6.18 Å². The number of hydrogen-bond acceptors (Lipinski definition) is 2. The fourth-order valence-corrected chi connectivity index (χ4v) is 2.83. The van der Waals surface area contributed by atoms with Gasteiger partial charge in [0.2, 0.25) is 0 Å². The van der Waals surface area contributed by atoms with E-state index in [9.17, 15) is 13.2 Å². The van der Waals surface area contributed by atoms with Crippen molar-refractivity contribution in [2.24, 2.45) is 11.7 Å². The molecule has 2 rings (SSSR count). The molecule has 1 aromatic carbocycles. The number of rotatable bonds is 3. The molecular weight excluding hydrogens is 265 g/mol. The van der Waals surface area contributed by atoms with Gasteiger partial charge in [0.05, 0.1) is 5.56 Å². The second kappa shape index (κ2) is 6.04. The first kappa shape index (κ1) is 15.2. The van der Waals surface area contributed by atoms with Gasteiger partial charge in [-0.15, -0.1) is 0 Å². The topological polar surface area (TPSA) is 38.0 Å². The van der Waals surface area contributed by atoms with Crippen molar-refractivity contribution in [1.82, 2.24) is 0 Å². The van der Waals surface area contributed by atoms with Gasteiger partial charge in [0.25, 0.3) is 0 Å². The zero-order valence-electron chi connectivity index (χ0n) is 11.6. The summed E-state index contributed by atoms with van der Waals surface area (Å²) in [6.07, 6.45) is -0.0263. The Morgan fingerprint density at radius 2 is 1.95 bits per heavy atom. The van der Waals surface area contributed by atoms with Crippen molar-refractivity contribution in [3.63, 3.8) is 0 Å². The van der Waals surface area contributed by atoms with Crippen molar-refractivity contribution in [2.45, 2.75) is 44.8 Å². The Bertz CT molecular complexity index is 457. The van der Waals surface area contributed by atoms with E-state index in [2.05, 4.69) is 5.32 Å². The summed E-state index contributed by atoms with van der Waals surface area (Å²) in [5, 5.41) is 3.28. The number of hydrogen-bond donors (Lipinski definition) is 2. The molecular formula is C15H21F3N2. The molecule has 0 aliphatic heterocycles. The lowest BCUT2D eigenvalue weighted by Gasteiger charge is -2.32. The summed E-state index contributed by atoms with van der Waals surface area (Å²) in [4.78, 5) is 0. The number of benzene rings is 1. The van der Waals surface area contributed by atoms with Crippen LogP contribution in [-0.4, -0.2) is 12.6 Å². The van der Waals surface area contributed by atoms with Crippen LogP contribution >= 0.6 is 0 Å². The smallest absolute Gasteiger partial charge is 0.382 e. The van der Waals surface area contributed by atoms with Gasteiger partial charge in [-0.3, -0.25) is 0 Å². The van der Waals surface area contributed by atoms with Crippen LogP contribution < -0.4 is 11.1 Å². The highest BCUT2D eigenvalue weighted by Gasteiger charge is 2.31. The highest BCUT2D eigenvalue weighted by Crippen LogP contribution is 2.33. The summed E-state index contributed by atoms with van der Waals surface area (Å²) in [5.74, 6) is 0.345. The average Bonchev–Trinajstić information content (AvgIpc) is 2.40. The summed E-state index contributed by atoms with van der Waals surface area (Å²) >= 11 is 0. The lowest BCUT2D eigenvalue weighted by Crippen LogP contribution is -2.36. The van der Waals surface area contributed by atoms with E-state index in [0.717, 1.165) is 37.3 Å². The quantitative estimate of drug-likeness (QED) is 0.883. The SMILES string of the molecule is Cc1ccc(C(F)(F)F)cc1NC1CCCCC1CN. The molecule has 1 saturated carbocycles. The standard InChI is InChI=1S/C15H21F3N2/c1-10-6-7-12(15(16,17)18)8-14(10)20-13-5-3-2-4-11(13)9-19/h6-8,11,13,20H,2-5,9,19H2,1H3.